The molecule has 0 spiro atoms. The highest BCUT2D eigenvalue weighted by atomic mass is 32.1. The lowest BCUT2D eigenvalue weighted by Crippen LogP contribution is -2.03. The third kappa shape index (κ3) is 2.08. The molecule has 1 atom stereocenters. The summed E-state index contributed by atoms with van der Waals surface area (Å²) in [5.41, 5.74) is 1.04. The highest BCUT2D eigenvalue weighted by molar-refractivity contribution is 7.09. The van der Waals surface area contributed by atoms with Crippen LogP contribution in [0, 0.1) is 6.92 Å². The number of aryl methyl sites for hydroxylation is 1. The fourth-order valence-electron chi connectivity index (χ4n) is 0.749. The summed E-state index contributed by atoms with van der Waals surface area (Å²) < 4.78 is 0. The van der Waals surface area contributed by atoms with Gasteiger partial charge in [-0.15, -0.1) is 11.3 Å². The molecule has 1 N–H and O–H groups in total. The van der Waals surface area contributed by atoms with Gasteiger partial charge in [-0.25, -0.2) is 4.98 Å². The number of aromatic nitrogens is 1. The smallest absolute Gasteiger partial charge is 0.0953 e. The summed E-state index contributed by atoms with van der Waals surface area (Å²) >= 11 is 1.61. The zero-order valence-corrected chi connectivity index (χ0v) is 6.98. The van der Waals surface area contributed by atoms with E-state index in [9.17, 15) is 0 Å². The molecule has 0 aliphatic rings. The summed E-state index contributed by atoms with van der Waals surface area (Å²) in [7, 11) is 0. The van der Waals surface area contributed by atoms with Crippen molar-refractivity contribution in [1.29, 1.82) is 0 Å². The standard InChI is InChI=1S/C7H11NOS/c1-5-4-10-7(8-5)3-6(2)9/h4,6,9H,3H2,1-2H3/t6-/m0/s1. The minimum atomic E-state index is -0.273. The van der Waals surface area contributed by atoms with Crippen LogP contribution in [0.15, 0.2) is 5.38 Å². The van der Waals surface area contributed by atoms with Crippen molar-refractivity contribution < 1.29 is 5.11 Å². The first-order valence-corrected chi connectivity index (χ1v) is 4.15. The van der Waals surface area contributed by atoms with Gasteiger partial charge in [-0.1, -0.05) is 0 Å². The van der Waals surface area contributed by atoms with E-state index >= 15 is 0 Å². The molecule has 0 aliphatic carbocycles. The van der Waals surface area contributed by atoms with E-state index in [0.29, 0.717) is 6.42 Å². The quantitative estimate of drug-likeness (QED) is 0.703. The van der Waals surface area contributed by atoms with Crippen LogP contribution in [0.3, 0.4) is 0 Å². The lowest BCUT2D eigenvalue weighted by Gasteiger charge is -1.97. The van der Waals surface area contributed by atoms with E-state index in [1.807, 2.05) is 12.3 Å². The van der Waals surface area contributed by atoms with Crippen molar-refractivity contribution >= 4 is 11.3 Å². The van der Waals surface area contributed by atoms with Crippen LogP contribution < -0.4 is 0 Å². The lowest BCUT2D eigenvalue weighted by atomic mass is 10.3. The normalized spacial score (nSPS) is 13.5. The number of aliphatic hydroxyl groups is 1. The van der Waals surface area contributed by atoms with Crippen molar-refractivity contribution in [2.75, 3.05) is 0 Å². The molecule has 1 rings (SSSR count). The molecule has 0 unspecified atom stereocenters. The Morgan fingerprint density at radius 1 is 1.80 bits per heavy atom. The summed E-state index contributed by atoms with van der Waals surface area (Å²) in [6.07, 6.45) is 0.406. The van der Waals surface area contributed by atoms with Crippen LogP contribution in [-0.4, -0.2) is 16.2 Å². The number of rotatable bonds is 2. The average Bonchev–Trinajstić information content (AvgIpc) is 2.13. The molecule has 10 heavy (non-hydrogen) atoms. The molecule has 0 fully saturated rings. The zero-order valence-electron chi connectivity index (χ0n) is 6.16. The SMILES string of the molecule is Cc1csc(C[C@H](C)O)n1. The Balaban J connectivity index is 2.58. The highest BCUT2D eigenvalue weighted by Gasteiger charge is 2.01. The predicted octanol–water partition coefficient (Wildman–Crippen LogP) is 1.37. The van der Waals surface area contributed by atoms with Gasteiger partial charge in [0.1, 0.15) is 0 Å². The second-order valence-corrected chi connectivity index (χ2v) is 3.38. The van der Waals surface area contributed by atoms with Crippen molar-refractivity contribution in [2.45, 2.75) is 26.4 Å². The molecular weight excluding hydrogens is 146 g/mol. The Morgan fingerprint density at radius 2 is 2.50 bits per heavy atom. The van der Waals surface area contributed by atoms with Crippen molar-refractivity contribution in [1.82, 2.24) is 4.98 Å². The minimum absolute atomic E-state index is 0.273. The van der Waals surface area contributed by atoms with Gasteiger partial charge >= 0.3 is 0 Å². The molecule has 0 bridgehead atoms. The average molecular weight is 157 g/mol. The molecule has 56 valence electrons. The summed E-state index contributed by atoms with van der Waals surface area (Å²) in [5.74, 6) is 0. The van der Waals surface area contributed by atoms with Crippen LogP contribution in [0.25, 0.3) is 0 Å². The topological polar surface area (TPSA) is 33.1 Å². The van der Waals surface area contributed by atoms with Gasteiger partial charge < -0.3 is 5.11 Å². The van der Waals surface area contributed by atoms with Crippen LogP contribution in [0.5, 0.6) is 0 Å². The van der Waals surface area contributed by atoms with Crippen LogP contribution in [0.2, 0.25) is 0 Å². The van der Waals surface area contributed by atoms with Gasteiger partial charge in [0, 0.05) is 17.5 Å². The fraction of sp³-hybridized carbons (Fsp3) is 0.571. The zero-order chi connectivity index (χ0) is 7.56. The predicted molar refractivity (Wildman–Crippen MR) is 42.2 cm³/mol. The van der Waals surface area contributed by atoms with E-state index in [1.54, 1.807) is 18.3 Å². The molecule has 1 heterocycles. The Morgan fingerprint density at radius 3 is 2.90 bits per heavy atom. The summed E-state index contributed by atoms with van der Waals surface area (Å²) in [6.45, 7) is 3.73. The second kappa shape index (κ2) is 3.12. The van der Waals surface area contributed by atoms with Crippen LogP contribution in [0.1, 0.15) is 17.6 Å². The molecule has 1 aromatic heterocycles. The summed E-state index contributed by atoms with van der Waals surface area (Å²) in [5, 5.41) is 12.0. The number of hydrogen-bond acceptors (Lipinski definition) is 3. The van der Waals surface area contributed by atoms with Gasteiger partial charge in [-0.3, -0.25) is 0 Å². The third-order valence-corrected chi connectivity index (χ3v) is 2.13. The number of thiazole rings is 1. The van der Waals surface area contributed by atoms with Crippen LogP contribution in [0.4, 0.5) is 0 Å². The molecular formula is C7H11NOS. The molecule has 1 aromatic rings. The first-order valence-electron chi connectivity index (χ1n) is 3.27. The number of nitrogens with zero attached hydrogens (tertiary/aromatic N) is 1. The van der Waals surface area contributed by atoms with E-state index in [0.717, 1.165) is 10.7 Å². The fourth-order valence-corrected chi connectivity index (χ4v) is 1.64. The van der Waals surface area contributed by atoms with E-state index in [4.69, 9.17) is 5.11 Å². The Labute approximate surface area is 64.5 Å². The highest BCUT2D eigenvalue weighted by Crippen LogP contribution is 2.10. The molecule has 0 saturated heterocycles. The summed E-state index contributed by atoms with van der Waals surface area (Å²) in [6, 6.07) is 0. The second-order valence-electron chi connectivity index (χ2n) is 2.44. The Hall–Kier alpha value is -0.410. The van der Waals surface area contributed by atoms with E-state index in [1.165, 1.54) is 0 Å². The molecule has 3 heteroatoms. The van der Waals surface area contributed by atoms with Crippen molar-refractivity contribution in [3.63, 3.8) is 0 Å². The minimum Gasteiger partial charge on any atom is -0.393 e. The number of aliphatic hydroxyl groups excluding tert-OH is 1. The van der Waals surface area contributed by atoms with Crippen molar-refractivity contribution in [3.05, 3.63) is 16.1 Å². The monoisotopic (exact) mass is 157 g/mol. The van der Waals surface area contributed by atoms with Gasteiger partial charge in [-0.2, -0.15) is 0 Å². The lowest BCUT2D eigenvalue weighted by molar-refractivity contribution is 0.195. The maximum Gasteiger partial charge on any atom is 0.0953 e. The first kappa shape index (κ1) is 7.69. The molecule has 2 nitrogen and oxygen atoms in total. The molecule has 0 saturated carbocycles. The van der Waals surface area contributed by atoms with Gasteiger partial charge in [-0.05, 0) is 13.8 Å². The van der Waals surface area contributed by atoms with Crippen LogP contribution in [-0.2, 0) is 6.42 Å². The van der Waals surface area contributed by atoms with E-state index in [2.05, 4.69) is 4.98 Å². The molecule has 0 aromatic carbocycles. The van der Waals surface area contributed by atoms with Gasteiger partial charge in [0.05, 0.1) is 11.1 Å². The molecule has 0 aliphatic heterocycles. The van der Waals surface area contributed by atoms with Crippen molar-refractivity contribution in [2.24, 2.45) is 0 Å². The van der Waals surface area contributed by atoms with E-state index < -0.39 is 0 Å². The third-order valence-electron chi connectivity index (χ3n) is 1.14. The summed E-state index contributed by atoms with van der Waals surface area (Å²) in [4.78, 5) is 4.21. The maximum absolute atomic E-state index is 8.98. The van der Waals surface area contributed by atoms with Gasteiger partial charge in [0.15, 0.2) is 0 Å². The van der Waals surface area contributed by atoms with Gasteiger partial charge in [0.2, 0.25) is 0 Å². The Kier molecular flexibility index (Phi) is 2.40. The largest absolute Gasteiger partial charge is 0.393 e. The van der Waals surface area contributed by atoms with Crippen LogP contribution >= 0.6 is 11.3 Å². The van der Waals surface area contributed by atoms with E-state index in [-0.39, 0.29) is 6.10 Å². The molecule has 0 radical (unpaired) electrons. The maximum atomic E-state index is 8.98. The Bertz CT molecular complexity index is 207. The van der Waals surface area contributed by atoms with Crippen molar-refractivity contribution in [3.8, 4) is 0 Å². The number of hydrogen-bond donors (Lipinski definition) is 1. The van der Waals surface area contributed by atoms with Gasteiger partial charge in [0.25, 0.3) is 0 Å². The molecule has 0 amide bonds. The first-order chi connectivity index (χ1) is 4.68.